The molecule has 0 amide bonds. The first-order valence-corrected chi connectivity index (χ1v) is 8.82. The minimum Gasteiger partial charge on any atom is -0.317 e. The highest BCUT2D eigenvalue weighted by atomic mass is 35.5. The molecular weight excluding hydrogens is 284 g/mol. The Bertz CT molecular complexity index is 361. The molecule has 0 spiro atoms. The molecule has 0 unspecified atom stereocenters. The maximum atomic E-state index is 12.0. The highest BCUT2D eigenvalue weighted by Crippen LogP contribution is 2.28. The lowest BCUT2D eigenvalue weighted by molar-refractivity contribution is 0.232. The third kappa shape index (κ3) is 5.58. The Morgan fingerprint density at radius 3 is 2.37 bits per heavy atom. The van der Waals surface area contributed by atoms with Gasteiger partial charge < -0.3 is 5.32 Å². The van der Waals surface area contributed by atoms with Crippen LogP contribution in [0.5, 0.6) is 0 Å². The van der Waals surface area contributed by atoms with E-state index in [1.54, 1.807) is 0 Å². The Hall–Kier alpha value is 0.160. The normalized spacial score (nSPS) is 24.1. The van der Waals surface area contributed by atoms with Crippen molar-refractivity contribution in [2.45, 2.75) is 45.4 Å². The lowest BCUT2D eigenvalue weighted by atomic mass is 9.81. The van der Waals surface area contributed by atoms with Crippen LogP contribution in [0.2, 0.25) is 0 Å². The van der Waals surface area contributed by atoms with E-state index in [1.165, 1.54) is 12.8 Å². The van der Waals surface area contributed by atoms with Gasteiger partial charge in [0.2, 0.25) is 10.0 Å². The van der Waals surface area contributed by atoms with Crippen molar-refractivity contribution in [3.8, 4) is 0 Å². The van der Waals surface area contributed by atoms with Crippen molar-refractivity contribution in [3.05, 3.63) is 0 Å². The topological polar surface area (TPSA) is 58.2 Å². The largest absolute Gasteiger partial charge is 0.317 e. The summed E-state index contributed by atoms with van der Waals surface area (Å²) < 4.78 is 26.9. The summed E-state index contributed by atoms with van der Waals surface area (Å²) in [5.41, 5.74) is 0.133. The predicted molar refractivity (Wildman–Crippen MR) is 81.2 cm³/mol. The smallest absolute Gasteiger partial charge is 0.211 e. The van der Waals surface area contributed by atoms with Gasteiger partial charge in [-0.3, -0.25) is 0 Å². The number of rotatable bonds is 5. The average Bonchev–Trinajstić information content (AvgIpc) is 2.80. The molecule has 4 nitrogen and oxygen atoms in total. The van der Waals surface area contributed by atoms with Crippen molar-refractivity contribution in [1.82, 2.24) is 10.0 Å². The molecule has 6 heteroatoms. The molecule has 0 atom stereocenters. The molecule has 0 bridgehead atoms. The zero-order valence-corrected chi connectivity index (χ0v) is 13.4. The monoisotopic (exact) mass is 310 g/mol. The van der Waals surface area contributed by atoms with Crippen LogP contribution >= 0.6 is 12.4 Å². The van der Waals surface area contributed by atoms with Gasteiger partial charge in [0.15, 0.2) is 0 Å². The van der Waals surface area contributed by atoms with Crippen LogP contribution in [0.1, 0.15) is 45.4 Å². The van der Waals surface area contributed by atoms with Crippen molar-refractivity contribution in [2.75, 3.05) is 25.4 Å². The molecule has 1 aliphatic heterocycles. The van der Waals surface area contributed by atoms with Gasteiger partial charge in [0.1, 0.15) is 0 Å². The number of hydrogen-bond acceptors (Lipinski definition) is 3. The van der Waals surface area contributed by atoms with Crippen molar-refractivity contribution < 1.29 is 8.42 Å². The Morgan fingerprint density at radius 1 is 1.21 bits per heavy atom. The van der Waals surface area contributed by atoms with Gasteiger partial charge in [-0.25, -0.2) is 13.1 Å². The van der Waals surface area contributed by atoms with E-state index in [4.69, 9.17) is 0 Å². The summed E-state index contributed by atoms with van der Waals surface area (Å²) in [4.78, 5) is 0. The van der Waals surface area contributed by atoms with E-state index in [0.717, 1.165) is 38.8 Å². The maximum absolute atomic E-state index is 12.0. The Kier molecular flexibility index (Phi) is 6.57. The van der Waals surface area contributed by atoms with E-state index < -0.39 is 10.0 Å². The van der Waals surface area contributed by atoms with Crippen molar-refractivity contribution in [2.24, 2.45) is 11.3 Å². The second-order valence-electron chi connectivity index (χ2n) is 6.31. The third-order valence-electron chi connectivity index (χ3n) is 4.46. The first kappa shape index (κ1) is 17.2. The molecule has 0 aromatic rings. The quantitative estimate of drug-likeness (QED) is 0.815. The molecule has 1 aliphatic carbocycles. The fourth-order valence-electron chi connectivity index (χ4n) is 3.04. The van der Waals surface area contributed by atoms with E-state index >= 15 is 0 Å². The first-order chi connectivity index (χ1) is 8.49. The van der Waals surface area contributed by atoms with E-state index in [9.17, 15) is 8.42 Å². The minimum absolute atomic E-state index is 0. The molecular formula is C13H27ClN2O2S. The number of piperidine rings is 1. The zero-order chi connectivity index (χ0) is 13.1. The van der Waals surface area contributed by atoms with Crippen molar-refractivity contribution >= 4 is 22.4 Å². The fourth-order valence-corrected chi connectivity index (χ4v) is 4.68. The van der Waals surface area contributed by atoms with Crippen molar-refractivity contribution in [3.63, 3.8) is 0 Å². The van der Waals surface area contributed by atoms with Gasteiger partial charge in [-0.2, -0.15) is 0 Å². The summed E-state index contributed by atoms with van der Waals surface area (Å²) in [6, 6.07) is 0. The van der Waals surface area contributed by atoms with Crippen LogP contribution < -0.4 is 10.0 Å². The van der Waals surface area contributed by atoms with Crippen molar-refractivity contribution in [1.29, 1.82) is 0 Å². The average molecular weight is 311 g/mol. The van der Waals surface area contributed by atoms with Gasteiger partial charge in [0.25, 0.3) is 0 Å². The second kappa shape index (κ2) is 7.25. The predicted octanol–water partition coefficient (Wildman–Crippen LogP) is 1.91. The molecule has 1 heterocycles. The van der Waals surface area contributed by atoms with Gasteiger partial charge in [-0.15, -0.1) is 12.4 Å². The van der Waals surface area contributed by atoms with Crippen LogP contribution in [0.4, 0.5) is 0 Å². The number of hydrogen-bond donors (Lipinski definition) is 2. The lowest BCUT2D eigenvalue weighted by Gasteiger charge is -2.34. The number of halogens is 1. The van der Waals surface area contributed by atoms with E-state index in [-0.39, 0.29) is 17.8 Å². The summed E-state index contributed by atoms with van der Waals surface area (Å²) in [5.74, 6) is 0.727. The van der Waals surface area contributed by atoms with Crippen LogP contribution in [0.25, 0.3) is 0 Å². The second-order valence-corrected chi connectivity index (χ2v) is 8.17. The van der Waals surface area contributed by atoms with Crippen LogP contribution in [-0.4, -0.2) is 33.8 Å². The maximum Gasteiger partial charge on any atom is 0.211 e. The Labute approximate surface area is 123 Å². The zero-order valence-electron chi connectivity index (χ0n) is 11.8. The summed E-state index contributed by atoms with van der Waals surface area (Å²) in [6.07, 6.45) is 6.68. The Morgan fingerprint density at radius 2 is 1.79 bits per heavy atom. The van der Waals surface area contributed by atoms with Crippen LogP contribution in [-0.2, 0) is 10.0 Å². The Balaban J connectivity index is 0.00000180. The molecule has 2 fully saturated rings. The summed E-state index contributed by atoms with van der Waals surface area (Å²) in [6.45, 7) is 4.79. The van der Waals surface area contributed by atoms with E-state index in [0.29, 0.717) is 18.2 Å². The van der Waals surface area contributed by atoms with Crippen LogP contribution in [0.15, 0.2) is 0 Å². The van der Waals surface area contributed by atoms with Gasteiger partial charge in [0, 0.05) is 6.54 Å². The fraction of sp³-hybridized carbons (Fsp3) is 1.00. The van der Waals surface area contributed by atoms with Gasteiger partial charge >= 0.3 is 0 Å². The van der Waals surface area contributed by atoms with Gasteiger partial charge in [0.05, 0.1) is 5.75 Å². The number of nitrogens with one attached hydrogen (secondary N) is 2. The standard InChI is InChI=1S/C13H26N2O2S.ClH/c1-13(6-8-14-9-7-13)11-15-18(16,17)10-12-4-2-3-5-12;/h12,14-15H,2-11H2,1H3;1H. The molecule has 19 heavy (non-hydrogen) atoms. The lowest BCUT2D eigenvalue weighted by Crippen LogP contribution is -2.43. The summed E-state index contributed by atoms with van der Waals surface area (Å²) in [7, 11) is -3.07. The SMILES string of the molecule is CC1(CNS(=O)(=O)CC2CCCC2)CCNCC1.Cl. The molecule has 1 saturated heterocycles. The molecule has 114 valence electrons. The molecule has 0 aromatic carbocycles. The molecule has 1 saturated carbocycles. The molecule has 2 aliphatic rings. The highest BCUT2D eigenvalue weighted by molar-refractivity contribution is 7.89. The summed E-state index contributed by atoms with van der Waals surface area (Å²) in [5, 5.41) is 3.32. The highest BCUT2D eigenvalue weighted by Gasteiger charge is 2.29. The van der Waals surface area contributed by atoms with Gasteiger partial charge in [-0.05, 0) is 50.1 Å². The van der Waals surface area contributed by atoms with E-state index in [1.807, 2.05) is 0 Å². The molecule has 0 radical (unpaired) electrons. The minimum atomic E-state index is -3.07. The third-order valence-corrected chi connectivity index (χ3v) is 5.95. The number of sulfonamides is 1. The summed E-state index contributed by atoms with van der Waals surface area (Å²) >= 11 is 0. The molecule has 2 rings (SSSR count). The molecule has 2 N–H and O–H groups in total. The van der Waals surface area contributed by atoms with E-state index in [2.05, 4.69) is 17.0 Å². The molecule has 0 aromatic heterocycles. The first-order valence-electron chi connectivity index (χ1n) is 7.17. The van der Waals surface area contributed by atoms with Crippen LogP contribution in [0, 0.1) is 11.3 Å². The van der Waals surface area contributed by atoms with Crippen LogP contribution in [0.3, 0.4) is 0 Å². The van der Waals surface area contributed by atoms with Gasteiger partial charge in [-0.1, -0.05) is 19.8 Å².